The number of anilines is 1. The Morgan fingerprint density at radius 1 is 1.24 bits per heavy atom. The van der Waals surface area contributed by atoms with Crippen molar-refractivity contribution < 1.29 is 14.6 Å². The van der Waals surface area contributed by atoms with E-state index in [0.717, 1.165) is 24.2 Å². The standard InChI is InChI=1S/C14H22N4O3/c1-3-10-11(4-2)17-18-13(16-10)15-9-14(12(19)20)5-7-21-8-6-14/h3-9H2,1-2H3,(H,19,20)(H,15,16,18). The second-order valence-electron chi connectivity index (χ2n) is 5.29. The quantitative estimate of drug-likeness (QED) is 0.815. The maximum atomic E-state index is 11.6. The highest BCUT2D eigenvalue weighted by Gasteiger charge is 2.40. The van der Waals surface area contributed by atoms with Crippen LogP contribution in [0.15, 0.2) is 0 Å². The molecule has 2 rings (SSSR count). The van der Waals surface area contributed by atoms with E-state index in [4.69, 9.17) is 4.74 Å². The van der Waals surface area contributed by atoms with Crippen LogP contribution in [0.1, 0.15) is 38.1 Å². The summed E-state index contributed by atoms with van der Waals surface area (Å²) >= 11 is 0. The van der Waals surface area contributed by atoms with Crippen LogP contribution in [0.4, 0.5) is 5.95 Å². The molecule has 1 aromatic heterocycles. The van der Waals surface area contributed by atoms with Gasteiger partial charge in [0.05, 0.1) is 16.8 Å². The van der Waals surface area contributed by atoms with E-state index in [2.05, 4.69) is 20.5 Å². The number of ether oxygens (including phenoxy) is 1. The predicted octanol–water partition coefficient (Wildman–Crippen LogP) is 1.29. The Bertz CT molecular complexity index is 501. The lowest BCUT2D eigenvalue weighted by Crippen LogP contribution is -2.43. The number of aromatic nitrogens is 3. The van der Waals surface area contributed by atoms with Crippen molar-refractivity contribution in [1.82, 2.24) is 15.2 Å². The van der Waals surface area contributed by atoms with Gasteiger partial charge in [0, 0.05) is 19.8 Å². The van der Waals surface area contributed by atoms with E-state index in [0.29, 0.717) is 38.5 Å². The monoisotopic (exact) mass is 294 g/mol. The van der Waals surface area contributed by atoms with E-state index in [9.17, 15) is 9.90 Å². The number of aryl methyl sites for hydroxylation is 2. The molecule has 116 valence electrons. The molecule has 0 amide bonds. The Morgan fingerprint density at radius 3 is 2.48 bits per heavy atom. The minimum Gasteiger partial charge on any atom is -0.481 e. The van der Waals surface area contributed by atoms with E-state index in [-0.39, 0.29) is 0 Å². The fourth-order valence-corrected chi connectivity index (χ4v) is 2.49. The van der Waals surface area contributed by atoms with Gasteiger partial charge in [-0.2, -0.15) is 5.10 Å². The molecule has 1 fully saturated rings. The lowest BCUT2D eigenvalue weighted by atomic mass is 9.80. The molecule has 2 N–H and O–H groups in total. The summed E-state index contributed by atoms with van der Waals surface area (Å²) in [5, 5.41) is 20.7. The number of nitrogens with zero attached hydrogens (tertiary/aromatic N) is 3. The number of hydrogen-bond donors (Lipinski definition) is 2. The molecular weight excluding hydrogens is 272 g/mol. The zero-order chi connectivity index (χ0) is 15.3. The molecule has 0 aliphatic carbocycles. The molecule has 7 heteroatoms. The van der Waals surface area contributed by atoms with Gasteiger partial charge in [-0.3, -0.25) is 4.79 Å². The van der Waals surface area contributed by atoms with Crippen molar-refractivity contribution >= 4 is 11.9 Å². The van der Waals surface area contributed by atoms with Gasteiger partial charge in [-0.05, 0) is 25.7 Å². The summed E-state index contributed by atoms with van der Waals surface area (Å²) in [5.74, 6) is -0.400. The van der Waals surface area contributed by atoms with Crippen LogP contribution in [0.3, 0.4) is 0 Å². The summed E-state index contributed by atoms with van der Waals surface area (Å²) in [5.41, 5.74) is 0.991. The largest absolute Gasteiger partial charge is 0.481 e. The number of carboxylic acids is 1. The first kappa shape index (κ1) is 15.6. The zero-order valence-electron chi connectivity index (χ0n) is 12.6. The molecule has 0 atom stereocenters. The highest BCUT2D eigenvalue weighted by molar-refractivity contribution is 5.75. The average molecular weight is 294 g/mol. The van der Waals surface area contributed by atoms with Gasteiger partial charge in [-0.1, -0.05) is 13.8 Å². The van der Waals surface area contributed by atoms with Gasteiger partial charge in [0.2, 0.25) is 5.95 Å². The fraction of sp³-hybridized carbons (Fsp3) is 0.714. The third kappa shape index (κ3) is 3.47. The molecule has 1 aliphatic heterocycles. The van der Waals surface area contributed by atoms with Gasteiger partial charge in [-0.25, -0.2) is 4.98 Å². The maximum absolute atomic E-state index is 11.6. The molecule has 0 spiro atoms. The maximum Gasteiger partial charge on any atom is 0.311 e. The second kappa shape index (κ2) is 6.80. The summed E-state index contributed by atoms with van der Waals surface area (Å²) in [4.78, 5) is 16.0. The summed E-state index contributed by atoms with van der Waals surface area (Å²) in [6.07, 6.45) is 2.57. The summed E-state index contributed by atoms with van der Waals surface area (Å²) < 4.78 is 5.26. The van der Waals surface area contributed by atoms with Crippen LogP contribution in [0.2, 0.25) is 0 Å². The first-order chi connectivity index (χ1) is 10.1. The molecule has 0 unspecified atom stereocenters. The first-order valence-electron chi connectivity index (χ1n) is 7.39. The Morgan fingerprint density at radius 2 is 1.90 bits per heavy atom. The summed E-state index contributed by atoms with van der Waals surface area (Å²) in [6.45, 7) is 5.27. The Hall–Kier alpha value is -1.76. The number of carbonyl (C=O) groups is 1. The highest BCUT2D eigenvalue weighted by atomic mass is 16.5. The van der Waals surface area contributed by atoms with Crippen molar-refractivity contribution in [3.8, 4) is 0 Å². The molecule has 2 heterocycles. The zero-order valence-corrected chi connectivity index (χ0v) is 12.6. The smallest absolute Gasteiger partial charge is 0.311 e. The third-order valence-corrected chi connectivity index (χ3v) is 4.00. The van der Waals surface area contributed by atoms with Gasteiger partial charge in [0.1, 0.15) is 0 Å². The molecule has 0 saturated carbocycles. The van der Waals surface area contributed by atoms with Crippen LogP contribution in [-0.2, 0) is 22.4 Å². The highest BCUT2D eigenvalue weighted by Crippen LogP contribution is 2.30. The van der Waals surface area contributed by atoms with E-state index >= 15 is 0 Å². The van der Waals surface area contributed by atoms with Crippen molar-refractivity contribution in [2.45, 2.75) is 39.5 Å². The lowest BCUT2D eigenvalue weighted by Gasteiger charge is -2.33. The minimum atomic E-state index is -0.808. The molecule has 1 saturated heterocycles. The number of aliphatic carboxylic acids is 1. The normalized spacial score (nSPS) is 17.4. The van der Waals surface area contributed by atoms with Crippen LogP contribution >= 0.6 is 0 Å². The SMILES string of the molecule is CCc1nnc(NCC2(C(=O)O)CCOCC2)nc1CC. The number of rotatable bonds is 6. The first-order valence-corrected chi connectivity index (χ1v) is 7.39. The second-order valence-corrected chi connectivity index (χ2v) is 5.29. The van der Waals surface area contributed by atoms with Crippen molar-refractivity contribution in [2.75, 3.05) is 25.1 Å². The molecule has 0 bridgehead atoms. The number of nitrogens with one attached hydrogen (secondary N) is 1. The molecule has 21 heavy (non-hydrogen) atoms. The average Bonchev–Trinajstić information content (AvgIpc) is 2.53. The van der Waals surface area contributed by atoms with Crippen LogP contribution < -0.4 is 5.32 Å². The Kier molecular flexibility index (Phi) is 5.06. The fourth-order valence-electron chi connectivity index (χ4n) is 2.49. The number of hydrogen-bond acceptors (Lipinski definition) is 6. The van der Waals surface area contributed by atoms with Crippen LogP contribution in [0.25, 0.3) is 0 Å². The predicted molar refractivity (Wildman–Crippen MR) is 77.2 cm³/mol. The van der Waals surface area contributed by atoms with Crippen molar-refractivity contribution in [3.05, 3.63) is 11.4 Å². The topological polar surface area (TPSA) is 97.2 Å². The van der Waals surface area contributed by atoms with Crippen LogP contribution in [-0.4, -0.2) is 46.0 Å². The summed E-state index contributed by atoms with van der Waals surface area (Å²) in [7, 11) is 0. The van der Waals surface area contributed by atoms with Gasteiger partial charge in [0.15, 0.2) is 0 Å². The van der Waals surface area contributed by atoms with E-state index in [1.165, 1.54) is 0 Å². The van der Waals surface area contributed by atoms with E-state index < -0.39 is 11.4 Å². The molecule has 7 nitrogen and oxygen atoms in total. The molecule has 1 aliphatic rings. The van der Waals surface area contributed by atoms with Gasteiger partial charge in [-0.15, -0.1) is 5.10 Å². The van der Waals surface area contributed by atoms with Crippen LogP contribution in [0.5, 0.6) is 0 Å². The van der Waals surface area contributed by atoms with E-state index in [1.54, 1.807) is 0 Å². The van der Waals surface area contributed by atoms with Gasteiger partial charge >= 0.3 is 5.97 Å². The molecule has 1 aromatic rings. The van der Waals surface area contributed by atoms with Gasteiger partial charge < -0.3 is 15.2 Å². The van der Waals surface area contributed by atoms with Crippen molar-refractivity contribution in [2.24, 2.45) is 5.41 Å². The molecule has 0 aromatic carbocycles. The molecule has 0 radical (unpaired) electrons. The lowest BCUT2D eigenvalue weighted by molar-refractivity contribution is -0.153. The summed E-state index contributed by atoms with van der Waals surface area (Å²) in [6, 6.07) is 0. The van der Waals surface area contributed by atoms with Crippen molar-refractivity contribution in [1.29, 1.82) is 0 Å². The minimum absolute atomic E-state index is 0.294. The Balaban J connectivity index is 2.09. The third-order valence-electron chi connectivity index (χ3n) is 4.00. The van der Waals surface area contributed by atoms with Crippen LogP contribution in [0, 0.1) is 5.41 Å². The van der Waals surface area contributed by atoms with Crippen molar-refractivity contribution in [3.63, 3.8) is 0 Å². The van der Waals surface area contributed by atoms with Gasteiger partial charge in [0.25, 0.3) is 0 Å². The van der Waals surface area contributed by atoms with E-state index in [1.807, 2.05) is 13.8 Å². The molecular formula is C14H22N4O3. The Labute approximate surface area is 124 Å². The number of carboxylic acid groups (broad SMARTS) is 1.